The predicted molar refractivity (Wildman–Crippen MR) is 73.2 cm³/mol. The Labute approximate surface area is 110 Å². The molecule has 0 radical (unpaired) electrons. The summed E-state index contributed by atoms with van der Waals surface area (Å²) < 4.78 is 4.89. The lowest BCUT2D eigenvalue weighted by molar-refractivity contribution is -0.119. The number of aromatic amines is 1. The standard InChI is InChI=1S/C13H17N3O3/c1-3-14-7-8(2)12(17)15-9-4-5-11-10(6-9)16-13(18)19-11/h4-6,8,14H,3,7H2,1-2H3,(H,15,17)(H,16,18). The summed E-state index contributed by atoms with van der Waals surface area (Å²) in [5.41, 5.74) is 1.68. The van der Waals surface area contributed by atoms with E-state index in [1.54, 1.807) is 18.2 Å². The van der Waals surface area contributed by atoms with Crippen LogP contribution in [0, 0.1) is 5.92 Å². The highest BCUT2D eigenvalue weighted by Crippen LogP contribution is 2.16. The number of hydrogen-bond acceptors (Lipinski definition) is 4. The van der Waals surface area contributed by atoms with Gasteiger partial charge in [-0.15, -0.1) is 0 Å². The van der Waals surface area contributed by atoms with E-state index in [2.05, 4.69) is 15.6 Å². The maximum absolute atomic E-state index is 11.9. The van der Waals surface area contributed by atoms with Gasteiger partial charge in [0.15, 0.2) is 5.58 Å². The molecule has 0 aliphatic rings. The number of carbonyl (C=O) groups excluding carboxylic acids is 1. The Kier molecular flexibility index (Phi) is 4.01. The van der Waals surface area contributed by atoms with Crippen molar-refractivity contribution in [2.24, 2.45) is 5.92 Å². The molecule has 0 aliphatic carbocycles. The summed E-state index contributed by atoms with van der Waals surface area (Å²) in [7, 11) is 0. The highest BCUT2D eigenvalue weighted by molar-refractivity contribution is 5.94. The average molecular weight is 263 g/mol. The zero-order chi connectivity index (χ0) is 13.8. The Balaban J connectivity index is 2.08. The number of aromatic nitrogens is 1. The maximum atomic E-state index is 11.9. The van der Waals surface area contributed by atoms with Crippen molar-refractivity contribution in [3.8, 4) is 0 Å². The summed E-state index contributed by atoms with van der Waals surface area (Å²) in [6, 6.07) is 5.03. The van der Waals surface area contributed by atoms with Crippen LogP contribution in [0.1, 0.15) is 13.8 Å². The lowest BCUT2D eigenvalue weighted by atomic mass is 10.1. The second kappa shape index (κ2) is 5.71. The topological polar surface area (TPSA) is 87.1 Å². The van der Waals surface area contributed by atoms with Crippen molar-refractivity contribution in [3.63, 3.8) is 0 Å². The SMILES string of the molecule is CCNCC(C)C(=O)Nc1ccc2oc(=O)[nH]c2c1. The number of carbonyl (C=O) groups is 1. The minimum Gasteiger partial charge on any atom is -0.408 e. The number of rotatable bonds is 5. The number of amides is 1. The summed E-state index contributed by atoms with van der Waals surface area (Å²) in [5, 5.41) is 5.93. The van der Waals surface area contributed by atoms with Crippen LogP contribution < -0.4 is 16.4 Å². The molecule has 0 saturated carbocycles. The van der Waals surface area contributed by atoms with Crippen molar-refractivity contribution in [3.05, 3.63) is 28.7 Å². The Hall–Kier alpha value is -2.08. The first kappa shape index (κ1) is 13.4. The monoisotopic (exact) mass is 263 g/mol. The molecule has 0 fully saturated rings. The third kappa shape index (κ3) is 3.23. The van der Waals surface area contributed by atoms with Crippen molar-refractivity contribution in [2.75, 3.05) is 18.4 Å². The first-order valence-corrected chi connectivity index (χ1v) is 6.24. The summed E-state index contributed by atoms with van der Waals surface area (Å²) in [6.07, 6.45) is 0. The van der Waals surface area contributed by atoms with Crippen LogP contribution >= 0.6 is 0 Å². The molecule has 1 amide bonds. The van der Waals surface area contributed by atoms with Gasteiger partial charge in [0, 0.05) is 18.2 Å². The lowest BCUT2D eigenvalue weighted by Crippen LogP contribution is -2.30. The third-order valence-corrected chi connectivity index (χ3v) is 2.83. The average Bonchev–Trinajstić information content (AvgIpc) is 2.75. The van der Waals surface area contributed by atoms with E-state index in [-0.39, 0.29) is 11.8 Å². The van der Waals surface area contributed by atoms with Crippen LogP contribution in [0.25, 0.3) is 11.1 Å². The van der Waals surface area contributed by atoms with Crippen molar-refractivity contribution in [2.45, 2.75) is 13.8 Å². The van der Waals surface area contributed by atoms with Gasteiger partial charge in [-0.05, 0) is 24.7 Å². The number of oxazole rings is 1. The molecular weight excluding hydrogens is 246 g/mol. The molecule has 3 N–H and O–H groups in total. The van der Waals surface area contributed by atoms with E-state index in [1.807, 2.05) is 13.8 Å². The third-order valence-electron chi connectivity index (χ3n) is 2.83. The van der Waals surface area contributed by atoms with Gasteiger partial charge < -0.3 is 15.1 Å². The van der Waals surface area contributed by atoms with Crippen molar-refractivity contribution >= 4 is 22.7 Å². The maximum Gasteiger partial charge on any atom is 0.417 e. The number of H-pyrrole nitrogens is 1. The van der Waals surface area contributed by atoms with Gasteiger partial charge >= 0.3 is 5.76 Å². The normalized spacial score (nSPS) is 12.5. The van der Waals surface area contributed by atoms with Gasteiger partial charge in [0.1, 0.15) is 0 Å². The summed E-state index contributed by atoms with van der Waals surface area (Å²) in [4.78, 5) is 25.5. The second-order valence-corrected chi connectivity index (χ2v) is 4.42. The quantitative estimate of drug-likeness (QED) is 0.759. The largest absolute Gasteiger partial charge is 0.417 e. The molecule has 1 unspecified atom stereocenters. The van der Waals surface area contributed by atoms with Crippen LogP contribution in [0.5, 0.6) is 0 Å². The van der Waals surface area contributed by atoms with Crippen LogP contribution in [0.3, 0.4) is 0 Å². The molecule has 0 bridgehead atoms. The fourth-order valence-corrected chi connectivity index (χ4v) is 1.75. The van der Waals surface area contributed by atoms with Crippen molar-refractivity contribution in [1.29, 1.82) is 0 Å². The van der Waals surface area contributed by atoms with Gasteiger partial charge in [0.05, 0.1) is 5.52 Å². The number of benzene rings is 1. The van der Waals surface area contributed by atoms with Crippen LogP contribution in [0.4, 0.5) is 5.69 Å². The number of nitrogens with one attached hydrogen (secondary N) is 3. The van der Waals surface area contributed by atoms with E-state index in [9.17, 15) is 9.59 Å². The molecule has 1 atom stereocenters. The molecule has 1 aromatic carbocycles. The number of anilines is 1. The Morgan fingerprint density at radius 2 is 2.26 bits per heavy atom. The van der Waals surface area contributed by atoms with Gasteiger partial charge in [-0.1, -0.05) is 13.8 Å². The van der Waals surface area contributed by atoms with Gasteiger partial charge in [0.2, 0.25) is 5.91 Å². The Morgan fingerprint density at radius 3 is 3.00 bits per heavy atom. The molecule has 2 rings (SSSR count). The van der Waals surface area contributed by atoms with Crippen molar-refractivity contribution in [1.82, 2.24) is 10.3 Å². The van der Waals surface area contributed by atoms with Gasteiger partial charge in [-0.25, -0.2) is 4.79 Å². The molecule has 19 heavy (non-hydrogen) atoms. The predicted octanol–water partition coefficient (Wildman–Crippen LogP) is 1.31. The minimum atomic E-state index is -0.501. The first-order valence-electron chi connectivity index (χ1n) is 6.24. The van der Waals surface area contributed by atoms with Crippen molar-refractivity contribution < 1.29 is 9.21 Å². The molecule has 6 nitrogen and oxygen atoms in total. The molecule has 0 spiro atoms. The molecule has 2 aromatic rings. The van der Waals surface area contributed by atoms with Crippen LogP contribution in [0.15, 0.2) is 27.4 Å². The van der Waals surface area contributed by atoms with E-state index in [1.165, 1.54) is 0 Å². The molecule has 0 saturated heterocycles. The second-order valence-electron chi connectivity index (χ2n) is 4.42. The first-order chi connectivity index (χ1) is 9.10. The molecule has 6 heteroatoms. The van der Waals surface area contributed by atoms with Gasteiger partial charge in [0.25, 0.3) is 0 Å². The van der Waals surface area contributed by atoms with Gasteiger partial charge in [-0.3, -0.25) is 9.78 Å². The van der Waals surface area contributed by atoms with Gasteiger partial charge in [-0.2, -0.15) is 0 Å². The fraction of sp³-hybridized carbons (Fsp3) is 0.385. The highest BCUT2D eigenvalue weighted by Gasteiger charge is 2.12. The minimum absolute atomic E-state index is 0.0638. The van der Waals surface area contributed by atoms with E-state index >= 15 is 0 Å². The molecule has 102 valence electrons. The van der Waals surface area contributed by atoms with Crippen LogP contribution in [-0.4, -0.2) is 24.0 Å². The van der Waals surface area contributed by atoms with E-state index in [0.717, 1.165) is 6.54 Å². The zero-order valence-electron chi connectivity index (χ0n) is 10.9. The summed E-state index contributed by atoms with van der Waals surface area (Å²) in [5.74, 6) is -0.691. The Bertz CT molecular complexity index is 629. The molecule has 1 aromatic heterocycles. The zero-order valence-corrected chi connectivity index (χ0v) is 10.9. The highest BCUT2D eigenvalue weighted by atomic mass is 16.4. The van der Waals surface area contributed by atoms with E-state index < -0.39 is 5.76 Å². The Morgan fingerprint density at radius 1 is 1.47 bits per heavy atom. The number of fused-ring (bicyclic) bond motifs is 1. The number of hydrogen-bond donors (Lipinski definition) is 3. The fourth-order valence-electron chi connectivity index (χ4n) is 1.75. The summed E-state index contributed by atoms with van der Waals surface area (Å²) in [6.45, 7) is 5.32. The summed E-state index contributed by atoms with van der Waals surface area (Å²) >= 11 is 0. The molecule has 1 heterocycles. The molecular formula is C13H17N3O3. The molecule has 0 aliphatic heterocycles. The van der Waals surface area contributed by atoms with E-state index in [0.29, 0.717) is 23.3 Å². The lowest BCUT2D eigenvalue weighted by Gasteiger charge is -2.12. The van der Waals surface area contributed by atoms with E-state index in [4.69, 9.17) is 4.42 Å². The van der Waals surface area contributed by atoms with Crippen LogP contribution in [0.2, 0.25) is 0 Å². The van der Waals surface area contributed by atoms with Crippen LogP contribution in [-0.2, 0) is 4.79 Å². The smallest absolute Gasteiger partial charge is 0.408 e.